The molecule has 2 rings (SSSR count). The van der Waals surface area contributed by atoms with Gasteiger partial charge in [0, 0.05) is 13.0 Å². The van der Waals surface area contributed by atoms with Gasteiger partial charge in [-0.05, 0) is 38.1 Å². The third-order valence-electron chi connectivity index (χ3n) is 2.50. The van der Waals surface area contributed by atoms with Crippen LogP contribution in [0.15, 0.2) is 24.3 Å². The van der Waals surface area contributed by atoms with E-state index in [-0.39, 0.29) is 23.3 Å². The first-order valence-corrected chi connectivity index (χ1v) is 5.98. The lowest BCUT2D eigenvalue weighted by Gasteiger charge is -2.12. The fourth-order valence-electron chi connectivity index (χ4n) is 1.68. The zero-order valence-corrected chi connectivity index (χ0v) is 11.0. The first-order valence-electron chi connectivity index (χ1n) is 5.98. The average molecular weight is 262 g/mol. The van der Waals surface area contributed by atoms with Crippen LogP contribution < -0.4 is 5.32 Å². The number of nitrogens with one attached hydrogen (secondary N) is 1. The van der Waals surface area contributed by atoms with Crippen molar-refractivity contribution in [3.63, 3.8) is 0 Å². The molecule has 0 fully saturated rings. The van der Waals surface area contributed by atoms with Gasteiger partial charge in [-0.25, -0.2) is 4.39 Å². The number of nitrogens with zero attached hydrogens (tertiary/aromatic N) is 3. The highest BCUT2D eigenvalue weighted by Gasteiger charge is 2.18. The second-order valence-electron chi connectivity index (χ2n) is 4.53. The van der Waals surface area contributed by atoms with Crippen molar-refractivity contribution in [1.82, 2.24) is 15.0 Å². The zero-order valence-electron chi connectivity index (χ0n) is 11.0. The zero-order chi connectivity index (χ0) is 14.0. The molecule has 5 nitrogen and oxygen atoms in total. The SMILES string of the molecule is CC(=O)c1nnn(-c2ccc(F)cc2)c1NC(C)C. The molecular weight excluding hydrogens is 247 g/mol. The summed E-state index contributed by atoms with van der Waals surface area (Å²) in [4.78, 5) is 11.5. The van der Waals surface area contributed by atoms with E-state index >= 15 is 0 Å². The fraction of sp³-hybridized carbons (Fsp3) is 0.308. The summed E-state index contributed by atoms with van der Waals surface area (Å²) in [6, 6.07) is 5.96. The van der Waals surface area contributed by atoms with E-state index in [0.29, 0.717) is 11.5 Å². The van der Waals surface area contributed by atoms with Crippen molar-refractivity contribution in [3.8, 4) is 5.69 Å². The number of Topliss-reactive ketones (excluding diaryl/α,β-unsaturated/α-hetero) is 1. The Hall–Kier alpha value is -2.24. The van der Waals surface area contributed by atoms with Gasteiger partial charge in [0.05, 0.1) is 5.69 Å². The molecule has 0 atom stereocenters. The summed E-state index contributed by atoms with van der Waals surface area (Å²) in [5.41, 5.74) is 0.919. The van der Waals surface area contributed by atoms with E-state index in [9.17, 15) is 9.18 Å². The molecule has 0 aliphatic carbocycles. The van der Waals surface area contributed by atoms with Crippen LogP contribution in [0.1, 0.15) is 31.3 Å². The molecule has 1 heterocycles. The van der Waals surface area contributed by atoms with Crippen LogP contribution in [0.5, 0.6) is 0 Å². The van der Waals surface area contributed by atoms with Crippen LogP contribution >= 0.6 is 0 Å². The Morgan fingerprint density at radius 3 is 2.47 bits per heavy atom. The molecule has 0 unspecified atom stereocenters. The molecule has 0 amide bonds. The van der Waals surface area contributed by atoms with Gasteiger partial charge in [0.25, 0.3) is 0 Å². The van der Waals surface area contributed by atoms with E-state index in [1.165, 1.54) is 23.7 Å². The van der Waals surface area contributed by atoms with Crippen molar-refractivity contribution in [2.24, 2.45) is 0 Å². The number of hydrogen-bond acceptors (Lipinski definition) is 4. The fourth-order valence-corrected chi connectivity index (χ4v) is 1.68. The van der Waals surface area contributed by atoms with Crippen molar-refractivity contribution in [2.75, 3.05) is 5.32 Å². The molecule has 0 saturated carbocycles. The molecule has 19 heavy (non-hydrogen) atoms. The summed E-state index contributed by atoms with van der Waals surface area (Å²) in [7, 11) is 0. The Bertz CT molecular complexity index is 589. The maximum absolute atomic E-state index is 12.9. The Balaban J connectivity index is 2.50. The Morgan fingerprint density at radius 1 is 1.32 bits per heavy atom. The average Bonchev–Trinajstić information content (AvgIpc) is 2.73. The highest BCUT2D eigenvalue weighted by atomic mass is 19.1. The maximum Gasteiger partial charge on any atom is 0.183 e. The van der Waals surface area contributed by atoms with E-state index in [1.54, 1.807) is 12.1 Å². The van der Waals surface area contributed by atoms with Crippen LogP contribution in [-0.4, -0.2) is 26.8 Å². The first-order chi connectivity index (χ1) is 8.99. The molecule has 1 N–H and O–H groups in total. The minimum absolute atomic E-state index is 0.121. The second-order valence-corrected chi connectivity index (χ2v) is 4.53. The summed E-state index contributed by atoms with van der Waals surface area (Å²) in [5, 5.41) is 11.0. The van der Waals surface area contributed by atoms with E-state index in [4.69, 9.17) is 0 Å². The molecule has 1 aromatic carbocycles. The van der Waals surface area contributed by atoms with E-state index in [1.807, 2.05) is 13.8 Å². The van der Waals surface area contributed by atoms with Crippen molar-refractivity contribution < 1.29 is 9.18 Å². The molecule has 0 saturated heterocycles. The minimum Gasteiger partial charge on any atom is -0.366 e. The Morgan fingerprint density at radius 2 is 1.95 bits per heavy atom. The molecule has 6 heteroatoms. The molecular formula is C13H15FN4O. The highest BCUT2D eigenvalue weighted by Crippen LogP contribution is 2.19. The molecule has 100 valence electrons. The van der Waals surface area contributed by atoms with Gasteiger partial charge in [-0.1, -0.05) is 5.21 Å². The molecule has 0 bridgehead atoms. The second kappa shape index (κ2) is 5.17. The van der Waals surface area contributed by atoms with E-state index < -0.39 is 0 Å². The summed E-state index contributed by atoms with van der Waals surface area (Å²) >= 11 is 0. The van der Waals surface area contributed by atoms with Crippen LogP contribution in [0.2, 0.25) is 0 Å². The normalized spacial score (nSPS) is 10.8. The van der Waals surface area contributed by atoms with Gasteiger partial charge in [0.2, 0.25) is 0 Å². The van der Waals surface area contributed by atoms with E-state index in [0.717, 1.165) is 0 Å². The van der Waals surface area contributed by atoms with Gasteiger partial charge in [0.15, 0.2) is 17.3 Å². The number of benzene rings is 1. The molecule has 0 aliphatic rings. The van der Waals surface area contributed by atoms with Crippen LogP contribution in [0.25, 0.3) is 5.69 Å². The lowest BCUT2D eigenvalue weighted by Crippen LogP contribution is -2.16. The molecule has 0 spiro atoms. The third-order valence-corrected chi connectivity index (χ3v) is 2.50. The third kappa shape index (κ3) is 2.78. The van der Waals surface area contributed by atoms with Crippen LogP contribution in [0, 0.1) is 5.82 Å². The number of halogens is 1. The van der Waals surface area contributed by atoms with Crippen molar-refractivity contribution in [1.29, 1.82) is 0 Å². The van der Waals surface area contributed by atoms with E-state index in [2.05, 4.69) is 15.6 Å². The summed E-state index contributed by atoms with van der Waals surface area (Å²) in [6.07, 6.45) is 0. The molecule has 0 radical (unpaired) electrons. The monoisotopic (exact) mass is 262 g/mol. The first kappa shape index (κ1) is 13.2. The lowest BCUT2D eigenvalue weighted by atomic mass is 10.2. The standard InChI is InChI=1S/C13H15FN4O/c1-8(2)15-13-12(9(3)19)16-17-18(13)11-6-4-10(14)5-7-11/h4-8,15H,1-3H3. The summed E-state index contributed by atoms with van der Waals surface area (Å²) < 4.78 is 14.4. The van der Waals surface area contributed by atoms with Crippen LogP contribution in [-0.2, 0) is 0 Å². The summed E-state index contributed by atoms with van der Waals surface area (Å²) in [5.74, 6) is 0.0274. The molecule has 1 aromatic heterocycles. The van der Waals surface area contributed by atoms with Crippen molar-refractivity contribution in [3.05, 3.63) is 35.8 Å². The predicted octanol–water partition coefficient (Wildman–Crippen LogP) is 2.43. The van der Waals surface area contributed by atoms with Gasteiger partial charge in [-0.2, -0.15) is 4.68 Å². The number of anilines is 1. The van der Waals surface area contributed by atoms with Crippen LogP contribution in [0.3, 0.4) is 0 Å². The van der Waals surface area contributed by atoms with Gasteiger partial charge in [-0.15, -0.1) is 5.10 Å². The van der Waals surface area contributed by atoms with Crippen LogP contribution in [0.4, 0.5) is 10.2 Å². The van der Waals surface area contributed by atoms with Gasteiger partial charge >= 0.3 is 0 Å². The molecule has 2 aromatic rings. The smallest absolute Gasteiger partial charge is 0.183 e. The Kier molecular flexibility index (Phi) is 3.59. The summed E-state index contributed by atoms with van der Waals surface area (Å²) in [6.45, 7) is 5.34. The number of ketones is 1. The van der Waals surface area contributed by atoms with Gasteiger partial charge in [-0.3, -0.25) is 4.79 Å². The maximum atomic E-state index is 12.9. The largest absolute Gasteiger partial charge is 0.366 e. The van der Waals surface area contributed by atoms with Crippen molar-refractivity contribution in [2.45, 2.75) is 26.8 Å². The van der Waals surface area contributed by atoms with Crippen molar-refractivity contribution >= 4 is 11.6 Å². The number of carbonyl (C=O) groups is 1. The Labute approximate surface area is 110 Å². The lowest BCUT2D eigenvalue weighted by molar-refractivity contribution is 0.101. The number of hydrogen-bond donors (Lipinski definition) is 1. The van der Waals surface area contributed by atoms with Gasteiger partial charge < -0.3 is 5.32 Å². The molecule has 0 aliphatic heterocycles. The number of rotatable bonds is 4. The quantitative estimate of drug-likeness (QED) is 0.860. The highest BCUT2D eigenvalue weighted by molar-refractivity contribution is 5.96. The number of aromatic nitrogens is 3. The minimum atomic E-state index is -0.325. The number of carbonyl (C=O) groups excluding carboxylic acids is 1. The predicted molar refractivity (Wildman–Crippen MR) is 70.1 cm³/mol. The topological polar surface area (TPSA) is 59.8 Å². The van der Waals surface area contributed by atoms with Gasteiger partial charge in [0.1, 0.15) is 5.82 Å².